The Balaban J connectivity index is 1.13. The van der Waals surface area contributed by atoms with Gasteiger partial charge in [0.2, 0.25) is 0 Å². The van der Waals surface area contributed by atoms with Gasteiger partial charge in [-0.3, -0.25) is 0 Å². The third-order valence-electron chi connectivity index (χ3n) is 6.85. The summed E-state index contributed by atoms with van der Waals surface area (Å²) in [7, 11) is 0. The Morgan fingerprint density at radius 1 is 0.625 bits per heavy atom. The summed E-state index contributed by atoms with van der Waals surface area (Å²) in [5, 5.41) is 12.9. The minimum Gasteiger partial charge on any atom is -0.506 e. The van der Waals surface area contributed by atoms with Crippen molar-refractivity contribution in [2.75, 3.05) is 37.6 Å². The van der Waals surface area contributed by atoms with E-state index in [9.17, 15) is 5.11 Å². The molecule has 1 fully saturated rings. The highest BCUT2D eigenvalue weighted by Crippen LogP contribution is 2.29. The first-order valence-corrected chi connectivity index (χ1v) is 12.0. The van der Waals surface area contributed by atoms with Crippen LogP contribution in [0.4, 0.5) is 5.69 Å². The molecule has 1 saturated heterocycles. The molecule has 0 bridgehead atoms. The van der Waals surface area contributed by atoms with Crippen molar-refractivity contribution in [3.05, 3.63) is 72.8 Å². The van der Waals surface area contributed by atoms with Crippen molar-refractivity contribution in [2.24, 2.45) is 0 Å². The summed E-state index contributed by atoms with van der Waals surface area (Å²) >= 11 is 0. The van der Waals surface area contributed by atoms with E-state index in [2.05, 4.69) is 62.9 Å². The fourth-order valence-electron chi connectivity index (χ4n) is 5.19. The van der Waals surface area contributed by atoms with Crippen LogP contribution in [0.25, 0.3) is 21.8 Å². The molecule has 166 valence electrons. The van der Waals surface area contributed by atoms with Gasteiger partial charge in [-0.15, -0.1) is 0 Å². The Morgan fingerprint density at radius 2 is 1.28 bits per heavy atom. The number of benzene rings is 3. The first-order valence-electron chi connectivity index (χ1n) is 12.0. The monoisotopic (exact) mass is 427 g/mol. The number of para-hydroxylation sites is 4. The number of aryl methyl sites for hydroxylation is 1. The van der Waals surface area contributed by atoms with E-state index >= 15 is 0 Å². The molecule has 5 rings (SSSR count). The number of hydrogen-bond acceptors (Lipinski definition) is 3. The number of phenols is 1. The topological polar surface area (TPSA) is 31.6 Å². The van der Waals surface area contributed by atoms with Crippen molar-refractivity contribution in [3.63, 3.8) is 0 Å². The lowest BCUT2D eigenvalue weighted by Crippen LogP contribution is -2.31. The maximum atomic E-state index is 10.2. The molecule has 0 spiro atoms. The van der Waals surface area contributed by atoms with Gasteiger partial charge in [0.1, 0.15) is 5.75 Å². The predicted octanol–water partition coefficient (Wildman–Crippen LogP) is 5.88. The average molecular weight is 428 g/mol. The summed E-state index contributed by atoms with van der Waals surface area (Å²) in [6.07, 6.45) is 4.85. The summed E-state index contributed by atoms with van der Waals surface area (Å²) in [5.74, 6) is 0.394. The summed E-state index contributed by atoms with van der Waals surface area (Å²) in [6.45, 7) is 6.47. The molecule has 1 aromatic heterocycles. The maximum Gasteiger partial charge on any atom is 0.138 e. The SMILES string of the molecule is Oc1ccccc1N1CCCN(CCCCCn2c3ccccc3c3ccccc32)CC1. The lowest BCUT2D eigenvalue weighted by molar-refractivity contribution is 0.285. The minimum absolute atomic E-state index is 0.394. The zero-order valence-electron chi connectivity index (χ0n) is 18.8. The van der Waals surface area contributed by atoms with Crippen molar-refractivity contribution in [1.29, 1.82) is 0 Å². The van der Waals surface area contributed by atoms with E-state index in [4.69, 9.17) is 0 Å². The number of anilines is 1. The average Bonchev–Trinajstić information content (AvgIpc) is 2.96. The van der Waals surface area contributed by atoms with Gasteiger partial charge in [-0.25, -0.2) is 0 Å². The van der Waals surface area contributed by atoms with Crippen molar-refractivity contribution >= 4 is 27.5 Å². The molecule has 0 unspecified atom stereocenters. The van der Waals surface area contributed by atoms with Gasteiger partial charge in [-0.2, -0.15) is 0 Å². The molecule has 4 heteroatoms. The largest absolute Gasteiger partial charge is 0.506 e. The molecule has 4 aromatic rings. The van der Waals surface area contributed by atoms with E-state index in [1.165, 1.54) is 47.6 Å². The zero-order valence-corrected chi connectivity index (χ0v) is 18.8. The van der Waals surface area contributed by atoms with Gasteiger partial charge < -0.3 is 19.5 Å². The van der Waals surface area contributed by atoms with E-state index in [1.54, 1.807) is 6.07 Å². The molecular formula is C28H33N3O. The summed E-state index contributed by atoms with van der Waals surface area (Å²) < 4.78 is 2.50. The molecule has 0 aliphatic carbocycles. The highest BCUT2D eigenvalue weighted by molar-refractivity contribution is 6.07. The Kier molecular flexibility index (Phi) is 6.31. The van der Waals surface area contributed by atoms with E-state index in [0.29, 0.717) is 5.75 Å². The second-order valence-electron chi connectivity index (χ2n) is 8.92. The Hall–Kier alpha value is -2.98. The molecule has 0 radical (unpaired) electrons. The van der Waals surface area contributed by atoms with Crippen LogP contribution in [0.5, 0.6) is 5.75 Å². The molecule has 2 heterocycles. The molecule has 1 aliphatic rings. The van der Waals surface area contributed by atoms with Crippen molar-refractivity contribution in [3.8, 4) is 5.75 Å². The lowest BCUT2D eigenvalue weighted by Gasteiger charge is -2.24. The zero-order chi connectivity index (χ0) is 21.8. The predicted molar refractivity (Wildman–Crippen MR) is 135 cm³/mol. The quantitative estimate of drug-likeness (QED) is 0.374. The lowest BCUT2D eigenvalue weighted by atomic mass is 10.2. The van der Waals surface area contributed by atoms with Crippen LogP contribution in [-0.4, -0.2) is 47.3 Å². The summed E-state index contributed by atoms with van der Waals surface area (Å²) in [4.78, 5) is 4.93. The molecule has 0 atom stereocenters. The van der Waals surface area contributed by atoms with E-state index in [-0.39, 0.29) is 0 Å². The van der Waals surface area contributed by atoms with Gasteiger partial charge in [0, 0.05) is 48.0 Å². The third kappa shape index (κ3) is 4.33. The minimum atomic E-state index is 0.394. The van der Waals surface area contributed by atoms with E-state index in [0.717, 1.165) is 44.8 Å². The number of aromatic hydroxyl groups is 1. The Labute approximate surface area is 190 Å². The Morgan fingerprint density at radius 3 is 2.03 bits per heavy atom. The van der Waals surface area contributed by atoms with Crippen molar-refractivity contribution in [1.82, 2.24) is 9.47 Å². The van der Waals surface area contributed by atoms with Crippen LogP contribution >= 0.6 is 0 Å². The number of rotatable bonds is 7. The van der Waals surface area contributed by atoms with Gasteiger partial charge >= 0.3 is 0 Å². The summed E-state index contributed by atoms with van der Waals surface area (Å²) in [6, 6.07) is 25.3. The van der Waals surface area contributed by atoms with Gasteiger partial charge in [-0.1, -0.05) is 55.0 Å². The van der Waals surface area contributed by atoms with Crippen LogP contribution in [0.3, 0.4) is 0 Å². The van der Waals surface area contributed by atoms with Crippen LogP contribution in [0.15, 0.2) is 72.8 Å². The highest BCUT2D eigenvalue weighted by atomic mass is 16.3. The fourth-order valence-corrected chi connectivity index (χ4v) is 5.19. The second kappa shape index (κ2) is 9.66. The molecule has 32 heavy (non-hydrogen) atoms. The number of aromatic nitrogens is 1. The standard InChI is InChI=1S/C28H33N3O/c32-28-16-7-6-15-27(28)30-19-10-18-29(21-22-30)17-8-1-9-20-31-25-13-4-2-11-23(25)24-12-3-5-14-26(24)31/h2-7,11-16,32H,1,8-10,17-22H2. The highest BCUT2D eigenvalue weighted by Gasteiger charge is 2.17. The molecule has 1 N–H and O–H groups in total. The van der Waals surface area contributed by atoms with E-state index < -0.39 is 0 Å². The van der Waals surface area contributed by atoms with E-state index in [1.807, 2.05) is 18.2 Å². The fraction of sp³-hybridized carbons (Fsp3) is 0.357. The summed E-state index contributed by atoms with van der Waals surface area (Å²) in [5.41, 5.74) is 3.68. The van der Waals surface area contributed by atoms with Gasteiger partial charge in [-0.05, 0) is 56.6 Å². The molecule has 3 aromatic carbocycles. The van der Waals surface area contributed by atoms with Gasteiger partial charge in [0.05, 0.1) is 5.69 Å². The number of hydrogen-bond donors (Lipinski definition) is 1. The number of fused-ring (bicyclic) bond motifs is 3. The number of phenolic OH excluding ortho intramolecular Hbond substituents is 1. The van der Waals surface area contributed by atoms with Gasteiger partial charge in [0.25, 0.3) is 0 Å². The third-order valence-corrected chi connectivity index (χ3v) is 6.85. The molecule has 0 saturated carbocycles. The van der Waals surface area contributed by atoms with Crippen LogP contribution < -0.4 is 4.90 Å². The van der Waals surface area contributed by atoms with Crippen LogP contribution in [0.1, 0.15) is 25.7 Å². The van der Waals surface area contributed by atoms with Crippen LogP contribution in [0.2, 0.25) is 0 Å². The first-order chi connectivity index (χ1) is 15.8. The van der Waals surface area contributed by atoms with Crippen LogP contribution in [0, 0.1) is 0 Å². The molecule has 1 aliphatic heterocycles. The maximum absolute atomic E-state index is 10.2. The van der Waals surface area contributed by atoms with Crippen molar-refractivity contribution in [2.45, 2.75) is 32.2 Å². The van der Waals surface area contributed by atoms with Crippen LogP contribution in [-0.2, 0) is 6.54 Å². The molecule has 0 amide bonds. The normalized spacial score (nSPS) is 15.4. The number of nitrogens with zero attached hydrogens (tertiary/aromatic N) is 3. The molecule has 4 nitrogen and oxygen atoms in total. The second-order valence-corrected chi connectivity index (χ2v) is 8.92. The first kappa shape index (κ1) is 20.9. The van der Waals surface area contributed by atoms with Gasteiger partial charge in [0.15, 0.2) is 0 Å². The number of unbranched alkanes of at least 4 members (excludes halogenated alkanes) is 2. The smallest absolute Gasteiger partial charge is 0.138 e. The Bertz CT molecular complexity index is 1130. The molecular weight excluding hydrogens is 394 g/mol. The van der Waals surface area contributed by atoms with Crippen molar-refractivity contribution < 1.29 is 5.11 Å².